The molecule has 0 amide bonds. The van der Waals surface area contributed by atoms with Crippen LogP contribution in [-0.4, -0.2) is 14.9 Å². The van der Waals surface area contributed by atoms with Crippen LogP contribution in [-0.2, 0) is 6.61 Å². The number of benzene rings is 2. The second kappa shape index (κ2) is 6.03. The Bertz CT molecular complexity index is 779. The van der Waals surface area contributed by atoms with Crippen LogP contribution in [0, 0.1) is 13.8 Å². The van der Waals surface area contributed by atoms with Crippen molar-refractivity contribution in [1.29, 1.82) is 0 Å². The highest BCUT2D eigenvalue weighted by atomic mass is 16.5. The second-order valence-electron chi connectivity index (χ2n) is 5.14. The number of nitrogens with zero attached hydrogens (tertiary/aromatic N) is 2. The zero-order chi connectivity index (χ0) is 15.5. The van der Waals surface area contributed by atoms with Gasteiger partial charge < -0.3 is 9.84 Å². The molecule has 0 spiro atoms. The maximum atomic E-state index is 9.67. The summed E-state index contributed by atoms with van der Waals surface area (Å²) in [6.45, 7) is 3.75. The number of hydrogen-bond acceptors (Lipinski definition) is 3. The first-order valence-corrected chi connectivity index (χ1v) is 7.19. The molecule has 112 valence electrons. The number of ether oxygens (including phenoxy) is 1. The first-order valence-electron chi connectivity index (χ1n) is 7.19. The fourth-order valence-electron chi connectivity index (χ4n) is 2.34. The van der Waals surface area contributed by atoms with E-state index in [1.807, 2.05) is 68.4 Å². The third-order valence-corrected chi connectivity index (χ3v) is 3.60. The summed E-state index contributed by atoms with van der Waals surface area (Å²) in [5.74, 6) is 1.31. The van der Waals surface area contributed by atoms with E-state index < -0.39 is 0 Å². The lowest BCUT2D eigenvalue weighted by molar-refractivity contribution is 0.275. The molecule has 1 N–H and O–H groups in total. The van der Waals surface area contributed by atoms with Crippen LogP contribution < -0.4 is 4.74 Å². The summed E-state index contributed by atoms with van der Waals surface area (Å²) < 4.78 is 7.81. The van der Waals surface area contributed by atoms with E-state index in [-0.39, 0.29) is 6.61 Å². The molecule has 2 aromatic carbocycles. The molecule has 0 saturated heterocycles. The Balaban J connectivity index is 2.11. The number of para-hydroxylation sites is 2. The van der Waals surface area contributed by atoms with Gasteiger partial charge >= 0.3 is 0 Å². The number of aliphatic hydroxyl groups excluding tert-OH is 1. The quantitative estimate of drug-likeness (QED) is 0.796. The number of aromatic nitrogens is 2. The lowest BCUT2D eigenvalue weighted by atomic mass is 10.2. The van der Waals surface area contributed by atoms with Crippen LogP contribution in [0.25, 0.3) is 5.69 Å². The summed E-state index contributed by atoms with van der Waals surface area (Å²) in [5.41, 5.74) is 3.39. The first-order chi connectivity index (χ1) is 10.7. The molecule has 4 heteroatoms. The van der Waals surface area contributed by atoms with Crippen molar-refractivity contribution in [3.8, 4) is 17.3 Å². The van der Waals surface area contributed by atoms with Gasteiger partial charge in [0, 0.05) is 0 Å². The molecule has 3 rings (SSSR count). The predicted molar refractivity (Wildman–Crippen MR) is 85.5 cm³/mol. The van der Waals surface area contributed by atoms with Gasteiger partial charge in [-0.3, -0.25) is 0 Å². The Labute approximate surface area is 129 Å². The van der Waals surface area contributed by atoms with Crippen molar-refractivity contribution in [2.75, 3.05) is 0 Å². The average molecular weight is 294 g/mol. The Morgan fingerprint density at radius 2 is 1.68 bits per heavy atom. The average Bonchev–Trinajstić information content (AvgIpc) is 2.86. The van der Waals surface area contributed by atoms with Crippen LogP contribution in [0.4, 0.5) is 0 Å². The van der Waals surface area contributed by atoms with Crippen molar-refractivity contribution in [3.05, 3.63) is 71.4 Å². The van der Waals surface area contributed by atoms with E-state index >= 15 is 0 Å². The van der Waals surface area contributed by atoms with Gasteiger partial charge in [-0.05, 0) is 37.6 Å². The van der Waals surface area contributed by atoms with E-state index in [9.17, 15) is 5.11 Å². The van der Waals surface area contributed by atoms with Crippen LogP contribution in [0.15, 0.2) is 54.6 Å². The summed E-state index contributed by atoms with van der Waals surface area (Å²) in [5, 5.41) is 14.2. The van der Waals surface area contributed by atoms with Crippen molar-refractivity contribution in [2.24, 2.45) is 0 Å². The van der Waals surface area contributed by atoms with Crippen LogP contribution in [0.3, 0.4) is 0 Å². The van der Waals surface area contributed by atoms with Crippen molar-refractivity contribution < 1.29 is 9.84 Å². The molecule has 1 heterocycles. The SMILES string of the molecule is Cc1ccccc1Oc1c(CO)c(C)nn1-c1ccccc1. The summed E-state index contributed by atoms with van der Waals surface area (Å²) in [6, 6.07) is 17.6. The molecule has 0 radical (unpaired) electrons. The molecule has 22 heavy (non-hydrogen) atoms. The Morgan fingerprint density at radius 1 is 1.00 bits per heavy atom. The minimum Gasteiger partial charge on any atom is -0.438 e. The lowest BCUT2D eigenvalue weighted by Gasteiger charge is -2.12. The second-order valence-corrected chi connectivity index (χ2v) is 5.14. The Hall–Kier alpha value is -2.59. The van der Waals surface area contributed by atoms with Gasteiger partial charge in [0.1, 0.15) is 5.75 Å². The van der Waals surface area contributed by atoms with Crippen molar-refractivity contribution in [1.82, 2.24) is 9.78 Å². The summed E-state index contributed by atoms with van der Waals surface area (Å²) in [7, 11) is 0. The molecule has 0 aliphatic carbocycles. The third kappa shape index (κ3) is 2.61. The molecule has 1 aromatic heterocycles. The van der Waals surface area contributed by atoms with Crippen LogP contribution in [0.5, 0.6) is 11.6 Å². The van der Waals surface area contributed by atoms with Crippen LogP contribution in [0.2, 0.25) is 0 Å². The van der Waals surface area contributed by atoms with Gasteiger partial charge in [-0.1, -0.05) is 36.4 Å². The van der Waals surface area contributed by atoms with E-state index in [1.54, 1.807) is 4.68 Å². The number of aliphatic hydroxyl groups is 1. The highest BCUT2D eigenvalue weighted by molar-refractivity contribution is 5.44. The normalized spacial score (nSPS) is 10.7. The molecule has 4 nitrogen and oxygen atoms in total. The van der Waals surface area contributed by atoms with Gasteiger partial charge in [0.05, 0.1) is 23.6 Å². The van der Waals surface area contributed by atoms with E-state index in [0.29, 0.717) is 11.4 Å². The summed E-state index contributed by atoms with van der Waals surface area (Å²) >= 11 is 0. The molecule has 0 aliphatic rings. The zero-order valence-electron chi connectivity index (χ0n) is 12.7. The predicted octanol–water partition coefficient (Wildman–Crippen LogP) is 3.77. The first kappa shape index (κ1) is 14.4. The molecule has 0 atom stereocenters. The van der Waals surface area contributed by atoms with Gasteiger partial charge in [0.25, 0.3) is 0 Å². The molecular weight excluding hydrogens is 276 g/mol. The number of rotatable bonds is 4. The van der Waals surface area contributed by atoms with Crippen LogP contribution >= 0.6 is 0 Å². The molecular formula is C18H18N2O2. The minimum atomic E-state index is -0.111. The van der Waals surface area contributed by atoms with E-state index in [1.165, 1.54) is 0 Å². The Morgan fingerprint density at radius 3 is 2.36 bits per heavy atom. The van der Waals surface area contributed by atoms with Gasteiger partial charge in [-0.2, -0.15) is 5.10 Å². The highest BCUT2D eigenvalue weighted by Gasteiger charge is 2.18. The highest BCUT2D eigenvalue weighted by Crippen LogP contribution is 2.31. The molecule has 0 unspecified atom stereocenters. The molecule has 0 fully saturated rings. The van der Waals surface area contributed by atoms with E-state index in [4.69, 9.17) is 4.74 Å². The fraction of sp³-hybridized carbons (Fsp3) is 0.167. The lowest BCUT2D eigenvalue weighted by Crippen LogP contribution is -2.01. The molecule has 0 aliphatic heterocycles. The standard InChI is InChI=1S/C18H18N2O2/c1-13-8-6-7-11-17(13)22-18-16(12-21)14(2)19-20(18)15-9-4-3-5-10-15/h3-11,21H,12H2,1-2H3. The van der Waals surface area contributed by atoms with Gasteiger partial charge in [-0.15, -0.1) is 0 Å². The topological polar surface area (TPSA) is 47.3 Å². The zero-order valence-corrected chi connectivity index (χ0v) is 12.7. The van der Waals surface area contributed by atoms with Gasteiger partial charge in [-0.25, -0.2) is 4.68 Å². The van der Waals surface area contributed by atoms with Crippen molar-refractivity contribution >= 4 is 0 Å². The summed E-state index contributed by atoms with van der Waals surface area (Å²) in [4.78, 5) is 0. The smallest absolute Gasteiger partial charge is 0.228 e. The fourth-order valence-corrected chi connectivity index (χ4v) is 2.34. The largest absolute Gasteiger partial charge is 0.438 e. The molecule has 0 saturated carbocycles. The summed E-state index contributed by atoms with van der Waals surface area (Å²) in [6.07, 6.45) is 0. The van der Waals surface area contributed by atoms with Gasteiger partial charge in [0.2, 0.25) is 5.88 Å². The maximum absolute atomic E-state index is 9.67. The van der Waals surface area contributed by atoms with Crippen molar-refractivity contribution in [2.45, 2.75) is 20.5 Å². The number of aryl methyl sites for hydroxylation is 2. The molecule has 3 aromatic rings. The maximum Gasteiger partial charge on any atom is 0.228 e. The van der Waals surface area contributed by atoms with Crippen LogP contribution in [0.1, 0.15) is 16.8 Å². The van der Waals surface area contributed by atoms with Crippen molar-refractivity contribution in [3.63, 3.8) is 0 Å². The monoisotopic (exact) mass is 294 g/mol. The van der Waals surface area contributed by atoms with E-state index in [2.05, 4.69) is 5.10 Å². The Kier molecular flexibility index (Phi) is 3.94. The van der Waals surface area contributed by atoms with E-state index in [0.717, 1.165) is 22.7 Å². The minimum absolute atomic E-state index is 0.111. The molecule has 0 bridgehead atoms. The number of hydrogen-bond donors (Lipinski definition) is 1. The van der Waals surface area contributed by atoms with Gasteiger partial charge in [0.15, 0.2) is 0 Å². The third-order valence-electron chi connectivity index (χ3n) is 3.60.